The Balaban J connectivity index is 1.83. The van der Waals surface area contributed by atoms with Gasteiger partial charge in [-0.25, -0.2) is 0 Å². The van der Waals surface area contributed by atoms with Crippen molar-refractivity contribution in [3.8, 4) is 0 Å². The third kappa shape index (κ3) is 1.69. The average molecular weight is 256 g/mol. The maximum atomic E-state index is 11.6. The molecule has 1 N–H and O–H groups in total. The van der Waals surface area contributed by atoms with Gasteiger partial charge in [0.15, 0.2) is 5.78 Å². The van der Waals surface area contributed by atoms with Crippen molar-refractivity contribution < 1.29 is 9.90 Å². The molecule has 0 aliphatic heterocycles. The zero-order valence-electron chi connectivity index (χ0n) is 11.1. The SMILES string of the molecule is O=C1C=C2C[C@H](O)[C@@H]3C(=C2CC1)C=C[C@@H]1CCC[C@@H]31. The van der Waals surface area contributed by atoms with Crippen LogP contribution in [0.15, 0.2) is 34.9 Å². The number of hydrogen-bond acceptors (Lipinski definition) is 2. The molecule has 0 aromatic heterocycles. The van der Waals surface area contributed by atoms with E-state index in [0.29, 0.717) is 30.6 Å². The van der Waals surface area contributed by atoms with Gasteiger partial charge < -0.3 is 5.11 Å². The predicted octanol–water partition coefficient (Wildman–Crippen LogP) is 2.94. The van der Waals surface area contributed by atoms with Crippen LogP contribution < -0.4 is 0 Å². The Morgan fingerprint density at radius 3 is 3.00 bits per heavy atom. The Morgan fingerprint density at radius 1 is 1.21 bits per heavy atom. The fraction of sp³-hybridized carbons (Fsp3) is 0.588. The Morgan fingerprint density at radius 2 is 2.11 bits per heavy atom. The first-order chi connectivity index (χ1) is 9.24. The lowest BCUT2D eigenvalue weighted by Crippen LogP contribution is -2.37. The molecule has 0 aromatic carbocycles. The van der Waals surface area contributed by atoms with E-state index in [0.717, 1.165) is 12.0 Å². The number of ketones is 1. The molecule has 19 heavy (non-hydrogen) atoms. The molecule has 4 atom stereocenters. The summed E-state index contributed by atoms with van der Waals surface area (Å²) in [5.41, 5.74) is 3.83. The summed E-state index contributed by atoms with van der Waals surface area (Å²) in [6, 6.07) is 0. The lowest BCUT2D eigenvalue weighted by molar-refractivity contribution is -0.114. The van der Waals surface area contributed by atoms with Crippen LogP contribution in [0.5, 0.6) is 0 Å². The zero-order valence-corrected chi connectivity index (χ0v) is 11.1. The second kappa shape index (κ2) is 4.17. The first-order valence-corrected chi connectivity index (χ1v) is 7.57. The molecule has 1 fully saturated rings. The topological polar surface area (TPSA) is 37.3 Å². The van der Waals surface area contributed by atoms with E-state index in [-0.39, 0.29) is 11.9 Å². The summed E-state index contributed by atoms with van der Waals surface area (Å²) in [5.74, 6) is 1.88. The van der Waals surface area contributed by atoms with Crippen molar-refractivity contribution in [3.63, 3.8) is 0 Å². The number of aliphatic hydroxyl groups excluding tert-OH is 1. The highest BCUT2D eigenvalue weighted by atomic mass is 16.3. The number of allylic oxidation sites excluding steroid dienone is 4. The van der Waals surface area contributed by atoms with Crippen LogP contribution in [0.25, 0.3) is 0 Å². The average Bonchev–Trinajstić information content (AvgIpc) is 2.86. The smallest absolute Gasteiger partial charge is 0.156 e. The molecule has 4 rings (SSSR count). The lowest BCUT2D eigenvalue weighted by atomic mass is 9.64. The quantitative estimate of drug-likeness (QED) is 0.723. The molecule has 0 unspecified atom stereocenters. The van der Waals surface area contributed by atoms with Gasteiger partial charge in [-0.05, 0) is 60.3 Å². The van der Waals surface area contributed by atoms with Crippen LogP contribution in [0.1, 0.15) is 38.5 Å². The number of rotatable bonds is 0. The summed E-state index contributed by atoms with van der Waals surface area (Å²) in [4.78, 5) is 11.6. The Kier molecular flexibility index (Phi) is 2.56. The molecule has 0 radical (unpaired) electrons. The molecule has 0 bridgehead atoms. The summed E-state index contributed by atoms with van der Waals surface area (Å²) in [7, 11) is 0. The van der Waals surface area contributed by atoms with Gasteiger partial charge in [0, 0.05) is 12.3 Å². The van der Waals surface area contributed by atoms with Crippen LogP contribution in [-0.4, -0.2) is 17.0 Å². The monoisotopic (exact) mass is 256 g/mol. The van der Waals surface area contributed by atoms with Gasteiger partial charge in [-0.3, -0.25) is 4.79 Å². The molecule has 2 nitrogen and oxygen atoms in total. The van der Waals surface area contributed by atoms with E-state index in [2.05, 4.69) is 12.2 Å². The molecule has 4 aliphatic rings. The highest BCUT2D eigenvalue weighted by molar-refractivity contribution is 5.93. The summed E-state index contributed by atoms with van der Waals surface area (Å²) in [6.45, 7) is 0. The van der Waals surface area contributed by atoms with E-state index in [9.17, 15) is 9.90 Å². The van der Waals surface area contributed by atoms with Crippen molar-refractivity contribution in [2.45, 2.75) is 44.6 Å². The van der Waals surface area contributed by atoms with Gasteiger partial charge in [-0.1, -0.05) is 18.6 Å². The number of carbonyl (C=O) groups is 1. The number of carbonyl (C=O) groups excluding carboxylic acids is 1. The third-order valence-electron chi connectivity index (χ3n) is 5.50. The molecule has 0 spiro atoms. The van der Waals surface area contributed by atoms with Gasteiger partial charge in [-0.2, -0.15) is 0 Å². The Hall–Kier alpha value is -1.15. The third-order valence-corrected chi connectivity index (χ3v) is 5.50. The number of fused-ring (bicyclic) bond motifs is 4. The molecule has 0 heterocycles. The summed E-state index contributed by atoms with van der Waals surface area (Å²) in [5, 5.41) is 10.6. The largest absolute Gasteiger partial charge is 0.392 e. The number of hydrogen-bond donors (Lipinski definition) is 1. The van der Waals surface area contributed by atoms with Gasteiger partial charge in [0.1, 0.15) is 0 Å². The van der Waals surface area contributed by atoms with Crippen molar-refractivity contribution in [1.82, 2.24) is 0 Å². The fourth-order valence-corrected chi connectivity index (χ4v) is 4.69. The molecule has 2 heteroatoms. The van der Waals surface area contributed by atoms with Gasteiger partial charge in [-0.15, -0.1) is 0 Å². The van der Waals surface area contributed by atoms with Gasteiger partial charge in [0.05, 0.1) is 6.10 Å². The minimum Gasteiger partial charge on any atom is -0.392 e. The van der Waals surface area contributed by atoms with Crippen molar-refractivity contribution in [2.75, 3.05) is 0 Å². The van der Waals surface area contributed by atoms with Gasteiger partial charge in [0.2, 0.25) is 0 Å². The van der Waals surface area contributed by atoms with E-state index in [1.54, 1.807) is 6.08 Å². The zero-order chi connectivity index (χ0) is 13.0. The van der Waals surface area contributed by atoms with Gasteiger partial charge >= 0.3 is 0 Å². The molecular formula is C17H20O2. The van der Waals surface area contributed by atoms with Crippen molar-refractivity contribution in [3.05, 3.63) is 34.9 Å². The predicted molar refractivity (Wildman–Crippen MR) is 73.4 cm³/mol. The van der Waals surface area contributed by atoms with Crippen molar-refractivity contribution in [1.29, 1.82) is 0 Å². The minimum atomic E-state index is -0.286. The van der Waals surface area contributed by atoms with E-state index in [1.807, 2.05) is 0 Å². The van der Waals surface area contributed by atoms with Crippen LogP contribution in [-0.2, 0) is 4.79 Å². The maximum Gasteiger partial charge on any atom is 0.156 e. The second-order valence-electron chi connectivity index (χ2n) is 6.48. The Labute approximate surface area is 113 Å². The standard InChI is InChI=1S/C17H20O2/c18-12-5-7-13-11(8-12)9-16(19)17-14-3-1-2-10(14)4-6-15(13)17/h4,6,8,10,14,16-17,19H,1-3,5,7,9H2/t10-,14+,16-,17-/m0/s1. The highest BCUT2D eigenvalue weighted by Gasteiger charge is 2.44. The van der Waals surface area contributed by atoms with Crippen molar-refractivity contribution in [2.24, 2.45) is 17.8 Å². The van der Waals surface area contributed by atoms with E-state index < -0.39 is 0 Å². The first-order valence-electron chi connectivity index (χ1n) is 7.57. The molecule has 0 amide bonds. The van der Waals surface area contributed by atoms with Crippen LogP contribution >= 0.6 is 0 Å². The molecule has 100 valence electrons. The molecular weight excluding hydrogens is 236 g/mol. The Bertz CT molecular complexity index is 523. The van der Waals surface area contributed by atoms with Crippen molar-refractivity contribution >= 4 is 5.78 Å². The van der Waals surface area contributed by atoms with Crippen LogP contribution in [0.2, 0.25) is 0 Å². The molecule has 0 aromatic rings. The second-order valence-corrected chi connectivity index (χ2v) is 6.48. The fourth-order valence-electron chi connectivity index (χ4n) is 4.69. The van der Waals surface area contributed by atoms with Crippen LogP contribution in [0.4, 0.5) is 0 Å². The maximum absolute atomic E-state index is 11.6. The first kappa shape index (κ1) is 11.7. The molecule has 4 aliphatic carbocycles. The van der Waals surface area contributed by atoms with E-state index in [4.69, 9.17) is 0 Å². The van der Waals surface area contributed by atoms with E-state index >= 15 is 0 Å². The normalized spacial score (nSPS) is 40.7. The highest BCUT2D eigenvalue weighted by Crippen LogP contribution is 2.51. The van der Waals surface area contributed by atoms with Crippen LogP contribution in [0, 0.1) is 17.8 Å². The summed E-state index contributed by atoms with van der Waals surface area (Å²) >= 11 is 0. The van der Waals surface area contributed by atoms with E-state index in [1.165, 1.54) is 30.4 Å². The number of aliphatic hydroxyl groups is 1. The van der Waals surface area contributed by atoms with Gasteiger partial charge in [0.25, 0.3) is 0 Å². The summed E-state index contributed by atoms with van der Waals surface area (Å²) < 4.78 is 0. The molecule has 0 saturated heterocycles. The summed E-state index contributed by atoms with van der Waals surface area (Å²) in [6.07, 6.45) is 12.2. The lowest BCUT2D eigenvalue weighted by Gasteiger charge is -2.41. The minimum absolute atomic E-state index is 0.225. The molecule has 1 saturated carbocycles. The van der Waals surface area contributed by atoms with Crippen LogP contribution in [0.3, 0.4) is 0 Å².